The van der Waals surface area contributed by atoms with Crippen LogP contribution >= 0.6 is 0 Å². The van der Waals surface area contributed by atoms with E-state index >= 15 is 0 Å². The number of aliphatic hydroxyl groups is 2. The van der Waals surface area contributed by atoms with Crippen molar-refractivity contribution in [3.63, 3.8) is 0 Å². The maximum atomic E-state index is 12.0. The molecule has 0 saturated heterocycles. The van der Waals surface area contributed by atoms with E-state index in [1.165, 1.54) is 13.8 Å². The molecule has 4 fully saturated rings. The zero-order valence-corrected chi connectivity index (χ0v) is 24.6. The van der Waals surface area contributed by atoms with Gasteiger partial charge >= 0.3 is 6.09 Å². The van der Waals surface area contributed by atoms with Crippen LogP contribution < -0.4 is 4.72 Å². The van der Waals surface area contributed by atoms with E-state index in [0.29, 0.717) is 41.9 Å². The molecule has 0 aromatic heterocycles. The lowest BCUT2D eigenvalue weighted by atomic mass is 9.41. The summed E-state index contributed by atoms with van der Waals surface area (Å²) in [6, 6.07) is 0. The molecule has 4 aliphatic carbocycles. The maximum Gasteiger partial charge on any atom is 0.420 e. The number of fused-ring (bicyclic) bond motifs is 5. The quantitative estimate of drug-likeness (QED) is 0.413. The highest BCUT2D eigenvalue weighted by atomic mass is 32.2. The SMILES string of the molecule is CC[C@@H]1C2C[C@H](O)CC[C@@]2(C)[C@H]2CCC3(C)[C@@H]([C@H](C)CCOC(=O)NS(=O)(=O)C(C)C)CC[C@H]3C2[C@@H]1O. The third-order valence-electron chi connectivity index (χ3n) is 11.8. The van der Waals surface area contributed by atoms with Crippen LogP contribution in [0.5, 0.6) is 0 Å². The Hall–Kier alpha value is -0.860. The Morgan fingerprint density at radius 3 is 2.30 bits per heavy atom. The van der Waals surface area contributed by atoms with E-state index in [4.69, 9.17) is 4.74 Å². The molecule has 0 bridgehead atoms. The number of carbonyl (C=O) groups is 1. The van der Waals surface area contributed by atoms with Crippen LogP contribution in [0.25, 0.3) is 0 Å². The Kier molecular flexibility index (Phi) is 8.35. The van der Waals surface area contributed by atoms with E-state index in [1.807, 2.05) is 4.72 Å². The van der Waals surface area contributed by atoms with Crippen molar-refractivity contribution in [2.45, 2.75) is 117 Å². The van der Waals surface area contributed by atoms with Gasteiger partial charge in [0.1, 0.15) is 0 Å². The molecule has 0 aromatic carbocycles. The van der Waals surface area contributed by atoms with Crippen molar-refractivity contribution in [1.82, 2.24) is 4.72 Å². The largest absolute Gasteiger partial charge is 0.449 e. The molecule has 4 aliphatic rings. The lowest BCUT2D eigenvalue weighted by Gasteiger charge is -2.64. The highest BCUT2D eigenvalue weighted by Crippen LogP contribution is 2.69. The van der Waals surface area contributed by atoms with E-state index in [1.54, 1.807) is 0 Å². The highest BCUT2D eigenvalue weighted by Gasteiger charge is 2.64. The first-order chi connectivity index (χ1) is 17.3. The summed E-state index contributed by atoms with van der Waals surface area (Å²) in [5, 5.41) is 21.6. The number of ether oxygens (including phenoxy) is 1. The fourth-order valence-corrected chi connectivity index (χ4v) is 10.3. The minimum Gasteiger partial charge on any atom is -0.449 e. The summed E-state index contributed by atoms with van der Waals surface area (Å²) in [7, 11) is -3.69. The molecule has 7 nitrogen and oxygen atoms in total. The van der Waals surface area contributed by atoms with Gasteiger partial charge in [0.05, 0.1) is 24.1 Å². The van der Waals surface area contributed by atoms with Gasteiger partial charge in [0.2, 0.25) is 10.0 Å². The van der Waals surface area contributed by atoms with Crippen molar-refractivity contribution in [1.29, 1.82) is 0 Å². The monoisotopic (exact) mass is 541 g/mol. The molecule has 11 atom stereocenters. The number of rotatable bonds is 7. The first-order valence-electron chi connectivity index (χ1n) is 14.8. The summed E-state index contributed by atoms with van der Waals surface area (Å²) in [5.74, 6) is 2.83. The van der Waals surface area contributed by atoms with Crippen LogP contribution in [0.2, 0.25) is 0 Å². The van der Waals surface area contributed by atoms with Crippen LogP contribution in [0, 0.1) is 52.3 Å². The second kappa shape index (κ2) is 10.6. The van der Waals surface area contributed by atoms with Crippen LogP contribution in [0.1, 0.15) is 99.3 Å². The first-order valence-corrected chi connectivity index (χ1v) is 16.3. The van der Waals surface area contributed by atoms with E-state index < -0.39 is 21.4 Å². The fourth-order valence-electron chi connectivity index (χ4n) is 9.73. The number of aliphatic hydroxyl groups excluding tert-OH is 2. The second-order valence-electron chi connectivity index (χ2n) is 13.7. The van der Waals surface area contributed by atoms with Crippen LogP contribution in [-0.4, -0.2) is 48.8 Å². The number of carbonyl (C=O) groups excluding carboxylic acids is 1. The molecule has 8 heteroatoms. The van der Waals surface area contributed by atoms with Crippen molar-refractivity contribution in [2.75, 3.05) is 6.61 Å². The number of hydrogen-bond acceptors (Lipinski definition) is 6. The van der Waals surface area contributed by atoms with Crippen molar-refractivity contribution >= 4 is 16.1 Å². The molecular formula is C29H51NO6S. The third-order valence-corrected chi connectivity index (χ3v) is 13.5. The van der Waals surface area contributed by atoms with Gasteiger partial charge in [-0.05, 0) is 117 Å². The number of hydrogen-bond donors (Lipinski definition) is 3. The lowest BCUT2D eigenvalue weighted by Crippen LogP contribution is -2.62. The first kappa shape index (κ1) is 29.1. The Bertz CT molecular complexity index is 939. The Balaban J connectivity index is 1.44. The van der Waals surface area contributed by atoms with Crippen molar-refractivity contribution in [3.8, 4) is 0 Å². The molecule has 0 spiro atoms. The topological polar surface area (TPSA) is 113 Å². The molecule has 0 aromatic rings. The van der Waals surface area contributed by atoms with Gasteiger partial charge in [0.25, 0.3) is 0 Å². The van der Waals surface area contributed by atoms with Crippen LogP contribution in [0.15, 0.2) is 0 Å². The molecule has 4 rings (SSSR count). The van der Waals surface area contributed by atoms with Gasteiger partial charge < -0.3 is 14.9 Å². The van der Waals surface area contributed by atoms with E-state index in [9.17, 15) is 23.4 Å². The van der Waals surface area contributed by atoms with Crippen LogP contribution in [0.3, 0.4) is 0 Å². The van der Waals surface area contributed by atoms with Gasteiger partial charge in [-0.3, -0.25) is 0 Å². The molecule has 0 aliphatic heterocycles. The van der Waals surface area contributed by atoms with Gasteiger partial charge in [0, 0.05) is 0 Å². The molecule has 37 heavy (non-hydrogen) atoms. The standard InChI is InChI=1S/C29H51NO6S/c1-7-20-24-16-19(31)10-13-29(24,6)23-11-14-28(5)21(8-9-22(28)25(23)26(20)32)18(4)12-15-36-27(33)30-37(34,35)17(2)3/h17-26,31-32H,7-16H2,1-6H3,(H,30,33)/t18-,19-,20-,21-,22+,23+,24?,25?,26-,28?,29+/m1/s1. The van der Waals surface area contributed by atoms with Gasteiger partial charge in [-0.1, -0.05) is 34.1 Å². The zero-order valence-electron chi connectivity index (χ0n) is 23.8. The summed E-state index contributed by atoms with van der Waals surface area (Å²) in [6.45, 7) is 12.6. The zero-order chi connectivity index (χ0) is 27.3. The Morgan fingerprint density at radius 2 is 1.65 bits per heavy atom. The normalized spacial score (nSPS) is 44.5. The average Bonchev–Trinajstić information content (AvgIpc) is 3.17. The molecule has 1 amide bonds. The Morgan fingerprint density at radius 1 is 1.00 bits per heavy atom. The summed E-state index contributed by atoms with van der Waals surface area (Å²) in [5.41, 5.74) is 0.354. The molecule has 214 valence electrons. The summed E-state index contributed by atoms with van der Waals surface area (Å²) in [4.78, 5) is 12.0. The second-order valence-corrected chi connectivity index (χ2v) is 16.0. The van der Waals surface area contributed by atoms with Crippen molar-refractivity contribution in [2.24, 2.45) is 52.3 Å². The molecular weight excluding hydrogens is 490 g/mol. The fraction of sp³-hybridized carbons (Fsp3) is 0.966. The molecule has 3 N–H and O–H groups in total. The predicted molar refractivity (Wildman–Crippen MR) is 144 cm³/mol. The number of amides is 1. The van der Waals surface area contributed by atoms with Gasteiger partial charge in [-0.2, -0.15) is 0 Å². The van der Waals surface area contributed by atoms with Gasteiger partial charge in [-0.15, -0.1) is 0 Å². The minimum atomic E-state index is -3.69. The van der Waals surface area contributed by atoms with Crippen molar-refractivity contribution < 1.29 is 28.2 Å². The van der Waals surface area contributed by atoms with E-state index in [0.717, 1.165) is 51.4 Å². The summed E-state index contributed by atoms with van der Waals surface area (Å²) in [6.07, 6.45) is 7.61. The number of sulfonamides is 1. The lowest BCUT2D eigenvalue weighted by molar-refractivity contribution is -0.203. The molecule has 4 saturated carbocycles. The molecule has 0 heterocycles. The minimum absolute atomic E-state index is 0.153. The smallest absolute Gasteiger partial charge is 0.420 e. The van der Waals surface area contributed by atoms with Gasteiger partial charge in [-0.25, -0.2) is 17.9 Å². The van der Waals surface area contributed by atoms with Crippen molar-refractivity contribution in [3.05, 3.63) is 0 Å². The van der Waals surface area contributed by atoms with E-state index in [-0.39, 0.29) is 35.6 Å². The van der Waals surface area contributed by atoms with E-state index in [2.05, 4.69) is 27.7 Å². The number of nitrogens with one attached hydrogen (secondary N) is 1. The Labute approximate surface area is 224 Å². The van der Waals surface area contributed by atoms with Crippen LogP contribution in [-0.2, 0) is 14.8 Å². The average molecular weight is 542 g/mol. The summed E-state index contributed by atoms with van der Waals surface area (Å²) < 4.78 is 31.1. The predicted octanol–water partition coefficient (Wildman–Crippen LogP) is 5.10. The summed E-state index contributed by atoms with van der Waals surface area (Å²) >= 11 is 0. The maximum absolute atomic E-state index is 12.0. The third kappa shape index (κ3) is 5.08. The van der Waals surface area contributed by atoms with Crippen LogP contribution in [0.4, 0.5) is 4.79 Å². The van der Waals surface area contributed by atoms with Gasteiger partial charge in [0.15, 0.2) is 0 Å². The molecule has 3 unspecified atom stereocenters. The highest BCUT2D eigenvalue weighted by molar-refractivity contribution is 7.90. The molecule has 0 radical (unpaired) electrons.